The number of nitrogens with one attached hydrogen (secondary N) is 2. The monoisotopic (exact) mass is 512 g/mol. The predicted octanol–water partition coefficient (Wildman–Crippen LogP) is 3.97. The molecule has 1 saturated heterocycles. The fraction of sp³-hybridized carbons (Fsp3) is 0.208. The fourth-order valence-corrected chi connectivity index (χ4v) is 4.89. The lowest BCUT2D eigenvalue weighted by atomic mass is 10.0. The van der Waals surface area contributed by atoms with Gasteiger partial charge in [-0.15, -0.1) is 5.10 Å². The molecule has 12 heteroatoms. The zero-order chi connectivity index (χ0) is 25.4. The summed E-state index contributed by atoms with van der Waals surface area (Å²) in [5.74, 6) is -0.541. The van der Waals surface area contributed by atoms with Crippen molar-refractivity contribution >= 4 is 38.9 Å². The number of hydrogen-bond acceptors (Lipinski definition) is 6. The first-order valence-electron chi connectivity index (χ1n) is 11.1. The number of carbonyl (C=O) groups is 1. The largest absolute Gasteiger partial charge is 0.348 e. The van der Waals surface area contributed by atoms with Crippen molar-refractivity contribution in [1.29, 1.82) is 0 Å². The van der Waals surface area contributed by atoms with Gasteiger partial charge in [0.1, 0.15) is 17.5 Å². The Hall–Kier alpha value is -4.06. The first-order chi connectivity index (χ1) is 17.2. The van der Waals surface area contributed by atoms with Crippen LogP contribution in [0.1, 0.15) is 34.8 Å². The van der Waals surface area contributed by atoms with Gasteiger partial charge in [0.15, 0.2) is 11.5 Å². The van der Waals surface area contributed by atoms with Gasteiger partial charge in [0, 0.05) is 23.4 Å². The van der Waals surface area contributed by atoms with Crippen molar-refractivity contribution < 1.29 is 22.0 Å². The van der Waals surface area contributed by atoms with Gasteiger partial charge >= 0.3 is 0 Å². The van der Waals surface area contributed by atoms with Crippen LogP contribution in [0.15, 0.2) is 60.8 Å². The fourth-order valence-electron chi connectivity index (χ4n) is 4.33. The van der Waals surface area contributed by atoms with E-state index in [0.29, 0.717) is 41.5 Å². The number of imidazole rings is 1. The number of benzene rings is 2. The van der Waals surface area contributed by atoms with E-state index in [1.807, 2.05) is 4.90 Å². The second-order valence-electron chi connectivity index (χ2n) is 8.53. The van der Waals surface area contributed by atoms with Crippen LogP contribution >= 0.6 is 0 Å². The highest BCUT2D eigenvalue weighted by Crippen LogP contribution is 2.36. The van der Waals surface area contributed by atoms with Gasteiger partial charge in [-0.05, 0) is 67.4 Å². The molecule has 0 unspecified atom stereocenters. The second-order valence-corrected chi connectivity index (χ2v) is 10.3. The lowest BCUT2D eigenvalue weighted by Crippen LogP contribution is -2.25. The van der Waals surface area contributed by atoms with Crippen molar-refractivity contribution in [3.8, 4) is 0 Å². The van der Waals surface area contributed by atoms with Crippen molar-refractivity contribution in [3.05, 3.63) is 83.6 Å². The summed E-state index contributed by atoms with van der Waals surface area (Å²) in [7, 11) is -3.43. The van der Waals surface area contributed by atoms with Crippen LogP contribution in [0.25, 0.3) is 5.65 Å². The Labute approximate surface area is 205 Å². The van der Waals surface area contributed by atoms with Gasteiger partial charge in [-0.25, -0.2) is 22.2 Å². The number of aromatic nitrogens is 3. The predicted molar refractivity (Wildman–Crippen MR) is 132 cm³/mol. The Bertz CT molecular complexity index is 1560. The van der Waals surface area contributed by atoms with E-state index >= 15 is 0 Å². The summed E-state index contributed by atoms with van der Waals surface area (Å²) in [6, 6.07) is 12.5. The van der Waals surface area contributed by atoms with Crippen LogP contribution in [0.2, 0.25) is 0 Å². The summed E-state index contributed by atoms with van der Waals surface area (Å²) < 4.78 is 54.8. The van der Waals surface area contributed by atoms with Gasteiger partial charge < -0.3 is 10.2 Å². The molecule has 0 aliphatic carbocycles. The molecular weight excluding hydrogens is 490 g/mol. The summed E-state index contributed by atoms with van der Waals surface area (Å²) in [5, 5.41) is 7.38. The van der Waals surface area contributed by atoms with E-state index in [1.165, 1.54) is 41.0 Å². The first kappa shape index (κ1) is 23.7. The minimum absolute atomic E-state index is 0.280. The van der Waals surface area contributed by atoms with Crippen LogP contribution in [-0.4, -0.2) is 41.7 Å². The van der Waals surface area contributed by atoms with Crippen molar-refractivity contribution in [3.63, 3.8) is 0 Å². The quantitative estimate of drug-likeness (QED) is 0.405. The summed E-state index contributed by atoms with van der Waals surface area (Å²) in [5.41, 5.74) is 1.42. The van der Waals surface area contributed by atoms with Crippen molar-refractivity contribution in [1.82, 2.24) is 14.6 Å². The van der Waals surface area contributed by atoms with Crippen molar-refractivity contribution in [2.45, 2.75) is 18.9 Å². The minimum atomic E-state index is -3.43. The van der Waals surface area contributed by atoms with E-state index < -0.39 is 27.6 Å². The van der Waals surface area contributed by atoms with Crippen LogP contribution in [0.3, 0.4) is 0 Å². The minimum Gasteiger partial charge on any atom is -0.348 e. The maximum Gasteiger partial charge on any atom is 0.256 e. The van der Waals surface area contributed by atoms with Gasteiger partial charge in [0.2, 0.25) is 10.0 Å². The van der Waals surface area contributed by atoms with E-state index in [1.54, 1.807) is 12.1 Å². The summed E-state index contributed by atoms with van der Waals surface area (Å²) >= 11 is 0. The molecule has 1 atom stereocenters. The maximum atomic E-state index is 14.5. The third-order valence-corrected chi connectivity index (χ3v) is 6.51. The van der Waals surface area contributed by atoms with Crippen LogP contribution in [0.5, 0.6) is 0 Å². The summed E-state index contributed by atoms with van der Waals surface area (Å²) in [4.78, 5) is 19.0. The lowest BCUT2D eigenvalue weighted by Gasteiger charge is -2.26. The molecule has 0 bridgehead atoms. The third-order valence-electron chi connectivity index (χ3n) is 5.90. The molecule has 1 aliphatic rings. The van der Waals surface area contributed by atoms with E-state index in [9.17, 15) is 22.0 Å². The highest BCUT2D eigenvalue weighted by atomic mass is 32.2. The topological polar surface area (TPSA) is 109 Å². The molecule has 36 heavy (non-hydrogen) atoms. The molecule has 1 fully saturated rings. The molecule has 1 amide bonds. The van der Waals surface area contributed by atoms with Crippen LogP contribution in [-0.2, 0) is 10.0 Å². The van der Waals surface area contributed by atoms with Crippen LogP contribution in [0.4, 0.5) is 26.1 Å². The van der Waals surface area contributed by atoms with Crippen molar-refractivity contribution in [2.75, 3.05) is 27.7 Å². The number of nitrogens with zero attached hydrogens (tertiary/aromatic N) is 4. The number of sulfonamides is 1. The van der Waals surface area contributed by atoms with E-state index in [4.69, 9.17) is 0 Å². The van der Waals surface area contributed by atoms with Gasteiger partial charge in [0.25, 0.3) is 5.91 Å². The van der Waals surface area contributed by atoms with E-state index in [0.717, 1.165) is 24.8 Å². The zero-order valence-electron chi connectivity index (χ0n) is 19.1. The molecule has 5 rings (SSSR count). The van der Waals surface area contributed by atoms with E-state index in [2.05, 4.69) is 20.1 Å². The van der Waals surface area contributed by atoms with Crippen LogP contribution < -0.4 is 14.9 Å². The van der Waals surface area contributed by atoms with Gasteiger partial charge in [-0.3, -0.25) is 9.52 Å². The molecule has 0 radical (unpaired) electrons. The number of anilines is 3. The number of rotatable bonds is 6. The smallest absolute Gasteiger partial charge is 0.256 e. The molecule has 2 aromatic carbocycles. The second kappa shape index (κ2) is 9.19. The average Bonchev–Trinajstić information content (AvgIpc) is 3.47. The highest BCUT2D eigenvalue weighted by molar-refractivity contribution is 7.92. The number of amides is 1. The summed E-state index contributed by atoms with van der Waals surface area (Å²) in [6.45, 7) is 0.614. The molecular formula is C24H22F2N6O3S. The number of hydrogen-bond donors (Lipinski definition) is 2. The molecule has 2 aromatic heterocycles. The molecule has 3 heterocycles. The zero-order valence-corrected chi connectivity index (χ0v) is 20.0. The number of fused-ring (bicyclic) bond motifs is 1. The van der Waals surface area contributed by atoms with Gasteiger partial charge in [-0.2, -0.15) is 4.52 Å². The molecule has 4 aromatic rings. The van der Waals surface area contributed by atoms with E-state index in [-0.39, 0.29) is 11.6 Å². The maximum absolute atomic E-state index is 14.5. The Morgan fingerprint density at radius 2 is 1.86 bits per heavy atom. The number of carbonyl (C=O) groups excluding carboxylic acids is 1. The van der Waals surface area contributed by atoms with Crippen LogP contribution in [0, 0.1) is 11.6 Å². The normalized spacial score (nSPS) is 15.9. The highest BCUT2D eigenvalue weighted by Gasteiger charge is 2.30. The first-order valence-corrected chi connectivity index (χ1v) is 13.0. The SMILES string of the molecule is CS(=O)(=O)Nc1ccc(C(=O)Nc2cnc3ccc(N4CCC[C@@H]4c4cc(F)ccc4F)nn23)cc1. The molecule has 0 saturated carbocycles. The standard InChI is InChI=1S/C24H22F2N6O3S/c1-36(34,35)30-17-7-4-15(5-8-17)24(33)28-23-14-27-21-10-11-22(29-32(21)23)31-12-2-3-20(31)18-13-16(25)6-9-19(18)26/h4-11,13-14,20,30H,2-3,12H2,1H3,(H,28,33)/t20-/m1/s1. The average molecular weight is 513 g/mol. The summed E-state index contributed by atoms with van der Waals surface area (Å²) in [6.07, 6.45) is 3.95. The third kappa shape index (κ3) is 4.85. The van der Waals surface area contributed by atoms with Gasteiger partial charge in [0.05, 0.1) is 18.5 Å². The Morgan fingerprint density at radius 3 is 2.61 bits per heavy atom. The lowest BCUT2D eigenvalue weighted by molar-refractivity contribution is 0.102. The van der Waals surface area contributed by atoms with Gasteiger partial charge in [-0.1, -0.05) is 0 Å². The molecule has 0 spiro atoms. The Kier molecular flexibility index (Phi) is 6.04. The molecule has 186 valence electrons. The molecule has 1 aliphatic heterocycles. The Morgan fingerprint density at radius 1 is 1.08 bits per heavy atom. The Balaban J connectivity index is 1.39. The van der Waals surface area contributed by atoms with Crippen molar-refractivity contribution in [2.24, 2.45) is 0 Å². The molecule has 9 nitrogen and oxygen atoms in total. The molecule has 2 N–H and O–H groups in total. The number of halogens is 2.